The highest BCUT2D eigenvalue weighted by atomic mass is 32.1. The van der Waals surface area contributed by atoms with E-state index in [1.165, 1.54) is 17.4 Å². The second-order valence-electron chi connectivity index (χ2n) is 5.56. The molecule has 0 aliphatic carbocycles. The lowest BCUT2D eigenvalue weighted by Crippen LogP contribution is -2.05. The van der Waals surface area contributed by atoms with Crippen molar-refractivity contribution in [2.24, 2.45) is 0 Å². The number of halogens is 3. The molecule has 0 unspecified atom stereocenters. The van der Waals surface area contributed by atoms with Gasteiger partial charge >= 0.3 is 6.18 Å². The summed E-state index contributed by atoms with van der Waals surface area (Å²) in [5.74, 6) is 1.06. The monoisotopic (exact) mass is 411 g/mol. The van der Waals surface area contributed by atoms with E-state index >= 15 is 0 Å². The Bertz CT molecular complexity index is 899. The summed E-state index contributed by atoms with van der Waals surface area (Å²) in [4.78, 5) is 3.67. The molecule has 0 N–H and O–H groups in total. The maximum absolute atomic E-state index is 12.5. The summed E-state index contributed by atoms with van der Waals surface area (Å²) in [6, 6.07) is 8.71. The number of rotatable bonds is 7. The second kappa shape index (κ2) is 8.42. The van der Waals surface area contributed by atoms with E-state index in [-0.39, 0.29) is 12.0 Å². The summed E-state index contributed by atoms with van der Waals surface area (Å²) in [5.41, 5.74) is -0.832. The number of hydrogen-bond acceptors (Lipinski definition) is 7. The van der Waals surface area contributed by atoms with Crippen molar-refractivity contribution in [1.82, 2.24) is 15.2 Å². The summed E-state index contributed by atoms with van der Waals surface area (Å²) in [7, 11) is 0. The first kappa shape index (κ1) is 19.9. The quantitative estimate of drug-likeness (QED) is 0.527. The van der Waals surface area contributed by atoms with E-state index in [2.05, 4.69) is 15.2 Å². The molecule has 0 aliphatic rings. The highest BCUT2D eigenvalue weighted by Gasteiger charge is 2.30. The zero-order chi connectivity index (χ0) is 20.1. The molecule has 0 saturated heterocycles. The average Bonchev–Trinajstić information content (AvgIpc) is 3.12. The van der Waals surface area contributed by atoms with E-state index in [0.717, 1.165) is 12.3 Å². The second-order valence-corrected chi connectivity index (χ2v) is 6.53. The minimum Gasteiger partial charge on any atom is -0.483 e. The topological polar surface area (TPSA) is 66.4 Å². The van der Waals surface area contributed by atoms with E-state index in [1.54, 1.807) is 24.3 Å². The van der Waals surface area contributed by atoms with E-state index in [4.69, 9.17) is 14.2 Å². The Labute approximate surface area is 162 Å². The van der Waals surface area contributed by atoms with Crippen LogP contribution >= 0.6 is 11.3 Å². The van der Waals surface area contributed by atoms with Gasteiger partial charge in [0.15, 0.2) is 5.01 Å². The molecule has 0 aliphatic heterocycles. The van der Waals surface area contributed by atoms with Gasteiger partial charge in [-0.1, -0.05) is 16.4 Å². The van der Waals surface area contributed by atoms with Crippen molar-refractivity contribution in [3.05, 3.63) is 53.2 Å². The van der Waals surface area contributed by atoms with Gasteiger partial charge in [0, 0.05) is 12.3 Å². The Morgan fingerprint density at radius 1 is 1.04 bits per heavy atom. The van der Waals surface area contributed by atoms with Gasteiger partial charge in [0.25, 0.3) is 5.19 Å². The normalized spacial score (nSPS) is 12.5. The summed E-state index contributed by atoms with van der Waals surface area (Å²) >= 11 is 1.31. The summed E-state index contributed by atoms with van der Waals surface area (Å²) in [5, 5.41) is 9.12. The van der Waals surface area contributed by atoms with Gasteiger partial charge in [-0.3, -0.25) is 0 Å². The molecule has 0 radical (unpaired) electrons. The van der Waals surface area contributed by atoms with Crippen LogP contribution in [0.1, 0.15) is 30.5 Å². The SMILES string of the molecule is CCOc1nnc([C@H](C)Oc2ccc(Oc3ccc(C(F)(F)F)cn3)cc2)s1. The van der Waals surface area contributed by atoms with Crippen molar-refractivity contribution in [2.45, 2.75) is 26.1 Å². The minimum atomic E-state index is -4.43. The fourth-order valence-corrected chi connectivity index (χ4v) is 2.87. The van der Waals surface area contributed by atoms with Gasteiger partial charge in [-0.25, -0.2) is 4.98 Å². The molecule has 0 saturated carbocycles. The molecule has 3 rings (SSSR count). The highest BCUT2D eigenvalue weighted by molar-refractivity contribution is 7.13. The summed E-state index contributed by atoms with van der Waals surface area (Å²) in [6.07, 6.45) is -4.03. The molecule has 0 fully saturated rings. The first-order chi connectivity index (χ1) is 13.3. The number of hydrogen-bond donors (Lipinski definition) is 0. The lowest BCUT2D eigenvalue weighted by Gasteiger charge is -2.12. The number of alkyl halides is 3. The molecule has 3 aromatic rings. The van der Waals surface area contributed by atoms with Gasteiger partial charge in [-0.15, -0.1) is 5.10 Å². The van der Waals surface area contributed by atoms with Gasteiger partial charge in [-0.2, -0.15) is 13.2 Å². The van der Waals surface area contributed by atoms with Crippen LogP contribution in [0.2, 0.25) is 0 Å². The first-order valence-corrected chi connectivity index (χ1v) is 9.11. The van der Waals surface area contributed by atoms with Crippen LogP contribution in [0, 0.1) is 0 Å². The lowest BCUT2D eigenvalue weighted by molar-refractivity contribution is -0.137. The summed E-state index contributed by atoms with van der Waals surface area (Å²) < 4.78 is 54.2. The van der Waals surface area contributed by atoms with Crippen molar-refractivity contribution in [3.8, 4) is 22.6 Å². The van der Waals surface area contributed by atoms with E-state index in [9.17, 15) is 13.2 Å². The molecule has 148 valence electrons. The number of aromatic nitrogens is 3. The van der Waals surface area contributed by atoms with Gasteiger partial charge in [0.05, 0.1) is 12.2 Å². The minimum absolute atomic E-state index is 0.0624. The van der Waals surface area contributed by atoms with Gasteiger partial charge < -0.3 is 14.2 Å². The predicted molar refractivity (Wildman–Crippen MR) is 95.9 cm³/mol. The van der Waals surface area contributed by atoms with Crippen LogP contribution < -0.4 is 14.2 Å². The Morgan fingerprint density at radius 3 is 2.36 bits per heavy atom. The van der Waals surface area contributed by atoms with Crippen LogP contribution in [-0.4, -0.2) is 21.8 Å². The molecule has 2 heterocycles. The fraction of sp³-hybridized carbons (Fsp3) is 0.278. The molecule has 0 bridgehead atoms. The molecule has 2 aromatic heterocycles. The van der Waals surface area contributed by atoms with Crippen LogP contribution in [0.5, 0.6) is 22.6 Å². The third-order valence-electron chi connectivity index (χ3n) is 3.46. The first-order valence-electron chi connectivity index (χ1n) is 8.29. The van der Waals surface area contributed by atoms with Crippen LogP contribution in [0.15, 0.2) is 42.6 Å². The molecule has 28 heavy (non-hydrogen) atoms. The standard InChI is InChI=1S/C18H16F3N3O3S/c1-3-25-17-24-23-16(28-17)11(2)26-13-5-7-14(8-6-13)27-15-9-4-12(10-22-15)18(19,20)21/h4-11H,3H2,1-2H3/t11-/m0/s1. The van der Waals surface area contributed by atoms with Crippen molar-refractivity contribution in [3.63, 3.8) is 0 Å². The lowest BCUT2D eigenvalue weighted by atomic mass is 10.3. The van der Waals surface area contributed by atoms with E-state index < -0.39 is 11.7 Å². The third kappa shape index (κ3) is 5.10. The molecular formula is C18H16F3N3O3S. The zero-order valence-electron chi connectivity index (χ0n) is 14.9. The van der Waals surface area contributed by atoms with Crippen LogP contribution in [0.25, 0.3) is 0 Å². The van der Waals surface area contributed by atoms with Crippen molar-refractivity contribution >= 4 is 11.3 Å². The molecular weight excluding hydrogens is 395 g/mol. The molecule has 6 nitrogen and oxygen atoms in total. The van der Waals surface area contributed by atoms with Crippen molar-refractivity contribution < 1.29 is 27.4 Å². The highest BCUT2D eigenvalue weighted by Crippen LogP contribution is 2.31. The average molecular weight is 411 g/mol. The molecule has 0 amide bonds. The van der Waals surface area contributed by atoms with Crippen molar-refractivity contribution in [2.75, 3.05) is 6.61 Å². The smallest absolute Gasteiger partial charge is 0.417 e. The fourth-order valence-electron chi connectivity index (χ4n) is 2.14. The van der Waals surface area contributed by atoms with E-state index in [0.29, 0.717) is 28.3 Å². The van der Waals surface area contributed by atoms with Crippen LogP contribution in [0.3, 0.4) is 0 Å². The predicted octanol–water partition coefficient (Wildman–Crippen LogP) is 5.28. The van der Waals surface area contributed by atoms with E-state index in [1.807, 2.05) is 13.8 Å². The van der Waals surface area contributed by atoms with Crippen molar-refractivity contribution in [1.29, 1.82) is 0 Å². The molecule has 10 heteroatoms. The Hall–Kier alpha value is -2.88. The van der Waals surface area contributed by atoms with Gasteiger partial charge in [0.2, 0.25) is 5.88 Å². The number of nitrogens with zero attached hydrogens (tertiary/aromatic N) is 3. The van der Waals surface area contributed by atoms with Gasteiger partial charge in [0.1, 0.15) is 17.6 Å². The Morgan fingerprint density at radius 2 is 1.75 bits per heavy atom. The third-order valence-corrected chi connectivity index (χ3v) is 4.46. The summed E-state index contributed by atoms with van der Waals surface area (Å²) in [6.45, 7) is 4.22. The van der Waals surface area contributed by atoms with Crippen LogP contribution in [-0.2, 0) is 6.18 Å². The van der Waals surface area contributed by atoms with Crippen LogP contribution in [0.4, 0.5) is 13.2 Å². The number of benzene rings is 1. The maximum atomic E-state index is 12.5. The molecule has 1 atom stereocenters. The Balaban J connectivity index is 1.59. The zero-order valence-corrected chi connectivity index (χ0v) is 15.8. The van der Waals surface area contributed by atoms with Gasteiger partial charge in [-0.05, 0) is 44.2 Å². The molecule has 0 spiro atoms. The Kier molecular flexibility index (Phi) is 5.98. The largest absolute Gasteiger partial charge is 0.483 e. The maximum Gasteiger partial charge on any atom is 0.417 e. The number of pyridine rings is 1. The molecule has 1 aromatic carbocycles. The number of ether oxygens (including phenoxy) is 3.